The minimum atomic E-state index is -3.54. The predicted molar refractivity (Wildman–Crippen MR) is 112 cm³/mol. The molecule has 1 aromatic rings. The number of ether oxygens (including phenoxy) is 2. The van der Waals surface area contributed by atoms with Gasteiger partial charge in [-0.3, -0.25) is 4.79 Å². The fourth-order valence-electron chi connectivity index (χ4n) is 4.01. The van der Waals surface area contributed by atoms with Crippen LogP contribution in [0.25, 0.3) is 0 Å². The lowest BCUT2D eigenvalue weighted by molar-refractivity contribution is -0.128. The number of nitrogens with one attached hydrogen (secondary N) is 2. The van der Waals surface area contributed by atoms with Crippen molar-refractivity contribution in [3.05, 3.63) is 35.9 Å². The molecule has 1 aromatic carbocycles. The summed E-state index contributed by atoms with van der Waals surface area (Å²) in [6.07, 6.45) is 2.67. The lowest BCUT2D eigenvalue weighted by atomic mass is 9.97. The van der Waals surface area contributed by atoms with Crippen molar-refractivity contribution in [2.24, 2.45) is 5.92 Å². The fraction of sp³-hybridized carbons (Fsp3) is 0.667. The average Bonchev–Trinajstić information content (AvgIpc) is 2.75. The van der Waals surface area contributed by atoms with Crippen LogP contribution in [0.4, 0.5) is 0 Å². The number of amides is 1. The summed E-state index contributed by atoms with van der Waals surface area (Å²) in [6.45, 7) is 1.50. The maximum atomic E-state index is 12.5. The van der Waals surface area contributed by atoms with Gasteiger partial charge in [-0.15, -0.1) is 0 Å². The average molecular weight is 441 g/mol. The summed E-state index contributed by atoms with van der Waals surface area (Å²) in [5.74, 6) is -0.0385. The van der Waals surface area contributed by atoms with Gasteiger partial charge in [-0.25, -0.2) is 13.1 Å². The van der Waals surface area contributed by atoms with E-state index in [9.17, 15) is 18.3 Å². The SMILES string of the molecule is O=C(NCC[C@H]1CC[C@H](NS(=O)(=O)Cc2ccccc2)[C@H](CO)O1)C1CCOCC1. The molecule has 0 bridgehead atoms. The Kier molecular flexibility index (Phi) is 8.64. The van der Waals surface area contributed by atoms with Crippen molar-refractivity contribution in [3.8, 4) is 0 Å². The molecule has 2 saturated heterocycles. The van der Waals surface area contributed by atoms with Crippen LogP contribution in [0.15, 0.2) is 30.3 Å². The van der Waals surface area contributed by atoms with Crippen molar-refractivity contribution in [2.75, 3.05) is 26.4 Å². The predicted octanol–water partition coefficient (Wildman–Crippen LogP) is 0.947. The molecular weight excluding hydrogens is 408 g/mol. The van der Waals surface area contributed by atoms with Crippen molar-refractivity contribution in [1.29, 1.82) is 0 Å². The van der Waals surface area contributed by atoms with E-state index in [-0.39, 0.29) is 30.3 Å². The second-order valence-corrected chi connectivity index (χ2v) is 9.75. The molecule has 2 heterocycles. The number of carbonyl (C=O) groups excluding carboxylic acids is 1. The minimum absolute atomic E-state index is 0.0135. The Balaban J connectivity index is 1.43. The number of aliphatic hydroxyl groups is 1. The molecule has 168 valence electrons. The van der Waals surface area contributed by atoms with Gasteiger partial charge in [-0.2, -0.15) is 0 Å². The highest BCUT2D eigenvalue weighted by Crippen LogP contribution is 2.23. The third-order valence-corrected chi connectivity index (χ3v) is 7.06. The quantitative estimate of drug-likeness (QED) is 0.527. The van der Waals surface area contributed by atoms with E-state index in [4.69, 9.17) is 9.47 Å². The summed E-state index contributed by atoms with van der Waals surface area (Å²) < 4.78 is 38.9. The zero-order valence-electron chi connectivity index (χ0n) is 17.2. The second kappa shape index (κ2) is 11.2. The zero-order chi connectivity index (χ0) is 21.4. The van der Waals surface area contributed by atoms with Gasteiger partial charge in [0.2, 0.25) is 15.9 Å². The van der Waals surface area contributed by atoms with E-state index in [2.05, 4.69) is 10.0 Å². The molecule has 0 radical (unpaired) electrons. The van der Waals surface area contributed by atoms with Gasteiger partial charge in [0, 0.05) is 25.7 Å². The minimum Gasteiger partial charge on any atom is -0.394 e. The van der Waals surface area contributed by atoms with Crippen LogP contribution in [-0.4, -0.2) is 64.0 Å². The number of rotatable bonds is 9. The van der Waals surface area contributed by atoms with Crippen LogP contribution in [0.3, 0.4) is 0 Å². The van der Waals surface area contributed by atoms with E-state index in [0.717, 1.165) is 12.8 Å². The van der Waals surface area contributed by atoms with Crippen LogP contribution < -0.4 is 10.0 Å². The lowest BCUT2D eigenvalue weighted by Crippen LogP contribution is -2.51. The Labute approximate surface area is 178 Å². The van der Waals surface area contributed by atoms with Crippen LogP contribution in [0, 0.1) is 5.92 Å². The first kappa shape index (κ1) is 23.1. The number of carbonyl (C=O) groups is 1. The van der Waals surface area contributed by atoms with E-state index in [0.29, 0.717) is 44.6 Å². The van der Waals surface area contributed by atoms with Crippen molar-refractivity contribution >= 4 is 15.9 Å². The first-order chi connectivity index (χ1) is 14.5. The molecule has 8 nitrogen and oxygen atoms in total. The van der Waals surface area contributed by atoms with Crippen LogP contribution in [0.1, 0.15) is 37.7 Å². The maximum absolute atomic E-state index is 12.5. The molecule has 2 aliphatic rings. The van der Waals surface area contributed by atoms with E-state index >= 15 is 0 Å². The second-order valence-electron chi connectivity index (χ2n) is 7.99. The molecule has 0 saturated carbocycles. The van der Waals surface area contributed by atoms with Gasteiger partial charge in [0.25, 0.3) is 0 Å². The standard InChI is InChI=1S/C21H32N2O6S/c24-14-20-19(23-30(26,27)15-16-4-2-1-3-5-16)7-6-18(29-20)8-11-22-21(25)17-9-12-28-13-10-17/h1-5,17-20,23-24H,6-15H2,(H,22,25)/t18-,19+,20+/m1/s1. The molecule has 3 rings (SSSR count). The number of hydrogen-bond acceptors (Lipinski definition) is 6. The van der Waals surface area contributed by atoms with Crippen molar-refractivity contribution in [1.82, 2.24) is 10.0 Å². The van der Waals surface area contributed by atoms with Crippen molar-refractivity contribution in [2.45, 2.75) is 56.1 Å². The van der Waals surface area contributed by atoms with Crippen LogP contribution in [-0.2, 0) is 30.0 Å². The lowest BCUT2D eigenvalue weighted by Gasteiger charge is -2.36. The fourth-order valence-corrected chi connectivity index (χ4v) is 5.45. The molecule has 0 aromatic heterocycles. The van der Waals surface area contributed by atoms with Gasteiger partial charge in [-0.1, -0.05) is 30.3 Å². The smallest absolute Gasteiger partial charge is 0.223 e. The summed E-state index contributed by atoms with van der Waals surface area (Å²) in [6, 6.07) is 8.52. The topological polar surface area (TPSA) is 114 Å². The van der Waals surface area contributed by atoms with E-state index in [1.54, 1.807) is 24.3 Å². The third kappa shape index (κ3) is 7.02. The van der Waals surface area contributed by atoms with Crippen LogP contribution >= 0.6 is 0 Å². The molecule has 0 unspecified atom stereocenters. The maximum Gasteiger partial charge on any atom is 0.223 e. The molecule has 2 fully saturated rings. The van der Waals surface area contributed by atoms with Gasteiger partial charge >= 0.3 is 0 Å². The first-order valence-corrected chi connectivity index (χ1v) is 12.3. The highest BCUT2D eigenvalue weighted by molar-refractivity contribution is 7.88. The Morgan fingerprint density at radius 3 is 2.53 bits per heavy atom. The number of aliphatic hydroxyl groups excluding tert-OH is 1. The normalized spacial score (nSPS) is 25.7. The highest BCUT2D eigenvalue weighted by Gasteiger charge is 2.33. The summed E-state index contributed by atoms with van der Waals surface area (Å²) in [7, 11) is -3.54. The highest BCUT2D eigenvalue weighted by atomic mass is 32.2. The van der Waals surface area contributed by atoms with Crippen molar-refractivity contribution in [3.63, 3.8) is 0 Å². The Morgan fingerprint density at radius 2 is 1.83 bits per heavy atom. The summed E-state index contributed by atoms with van der Waals surface area (Å²) in [4.78, 5) is 12.2. The molecular formula is C21H32N2O6S. The van der Waals surface area contributed by atoms with Gasteiger partial charge in [0.1, 0.15) is 0 Å². The van der Waals surface area contributed by atoms with E-state index < -0.39 is 22.2 Å². The Hall–Kier alpha value is -1.52. The number of hydrogen-bond donors (Lipinski definition) is 3. The first-order valence-electron chi connectivity index (χ1n) is 10.6. The van der Waals surface area contributed by atoms with Crippen LogP contribution in [0.2, 0.25) is 0 Å². The molecule has 0 aliphatic carbocycles. The van der Waals surface area contributed by atoms with E-state index in [1.807, 2.05) is 6.07 Å². The third-order valence-electron chi connectivity index (χ3n) is 5.68. The number of sulfonamides is 1. The van der Waals surface area contributed by atoms with Gasteiger partial charge in [0.05, 0.1) is 30.6 Å². The van der Waals surface area contributed by atoms with Gasteiger partial charge in [0.15, 0.2) is 0 Å². The molecule has 30 heavy (non-hydrogen) atoms. The molecule has 3 N–H and O–H groups in total. The molecule has 2 aliphatic heterocycles. The summed E-state index contributed by atoms with van der Waals surface area (Å²) in [5.41, 5.74) is 0.709. The van der Waals surface area contributed by atoms with Crippen LogP contribution in [0.5, 0.6) is 0 Å². The van der Waals surface area contributed by atoms with Crippen molar-refractivity contribution < 1.29 is 27.8 Å². The molecule has 3 atom stereocenters. The molecule has 9 heteroatoms. The number of benzene rings is 1. The van der Waals surface area contributed by atoms with E-state index in [1.165, 1.54) is 0 Å². The zero-order valence-corrected chi connectivity index (χ0v) is 18.0. The Morgan fingerprint density at radius 1 is 1.10 bits per heavy atom. The van der Waals surface area contributed by atoms with Gasteiger partial charge in [-0.05, 0) is 37.7 Å². The van der Waals surface area contributed by atoms with Gasteiger partial charge < -0.3 is 19.9 Å². The summed E-state index contributed by atoms with van der Waals surface area (Å²) >= 11 is 0. The monoisotopic (exact) mass is 440 g/mol. The Bertz CT molecular complexity index is 767. The largest absolute Gasteiger partial charge is 0.394 e. The summed E-state index contributed by atoms with van der Waals surface area (Å²) in [5, 5.41) is 12.7. The molecule has 0 spiro atoms. The molecule has 1 amide bonds.